The Morgan fingerprint density at radius 2 is 1.34 bits per heavy atom. The van der Waals surface area contributed by atoms with E-state index in [1.165, 1.54) is 24.5 Å². The largest absolute Gasteiger partial charge is 0.326 e. The van der Waals surface area contributed by atoms with Crippen LogP contribution < -0.4 is 15.8 Å². The Labute approximate surface area is 262 Å². The second-order valence-corrected chi connectivity index (χ2v) is 16.3. The van der Waals surface area contributed by atoms with Crippen molar-refractivity contribution in [2.24, 2.45) is 0 Å². The summed E-state index contributed by atoms with van der Waals surface area (Å²) in [6.07, 6.45) is 3.82. The van der Waals surface area contributed by atoms with E-state index in [4.69, 9.17) is 0 Å². The highest BCUT2D eigenvalue weighted by Crippen LogP contribution is 2.34. The molecule has 0 spiro atoms. The van der Waals surface area contributed by atoms with Crippen LogP contribution in [0.3, 0.4) is 0 Å². The molecule has 5 heterocycles. The molecule has 0 fully saturated rings. The van der Waals surface area contributed by atoms with Crippen molar-refractivity contribution in [1.29, 1.82) is 0 Å². The molecule has 0 bridgehead atoms. The number of H-pyrrole nitrogens is 2. The van der Waals surface area contributed by atoms with E-state index >= 15 is 0 Å². The molecule has 0 saturated heterocycles. The summed E-state index contributed by atoms with van der Waals surface area (Å²) in [6, 6.07) is 9.99. The van der Waals surface area contributed by atoms with Crippen LogP contribution in [-0.4, -0.2) is 42.3 Å². The summed E-state index contributed by atoms with van der Waals surface area (Å²) in [4.78, 5) is 35.4. The number of pyridine rings is 2. The van der Waals surface area contributed by atoms with Gasteiger partial charge in [0.15, 0.2) is 0 Å². The lowest BCUT2D eigenvalue weighted by Gasteiger charge is -2.09. The summed E-state index contributed by atoms with van der Waals surface area (Å²) in [5.41, 5.74) is 3.72. The zero-order valence-electron chi connectivity index (χ0n) is 24.4. The van der Waals surface area contributed by atoms with E-state index in [0.717, 1.165) is 37.8 Å². The maximum atomic E-state index is 13.6. The van der Waals surface area contributed by atoms with Gasteiger partial charge in [-0.3, -0.25) is 9.59 Å². The Morgan fingerprint density at radius 3 is 1.89 bits per heavy atom. The van der Waals surface area contributed by atoms with Crippen molar-refractivity contribution in [3.63, 3.8) is 0 Å². The third kappa shape index (κ3) is 6.15. The van der Waals surface area contributed by atoms with Gasteiger partial charge in [-0.15, -0.1) is 22.7 Å². The quantitative estimate of drug-likeness (QED) is 0.189. The summed E-state index contributed by atoms with van der Waals surface area (Å²) in [5, 5.41) is 0. The maximum absolute atomic E-state index is 13.6. The first-order chi connectivity index (χ1) is 20.8. The molecule has 0 saturated carbocycles. The predicted octanol–water partition coefficient (Wildman–Crippen LogP) is 4.22. The summed E-state index contributed by atoms with van der Waals surface area (Å²) in [5.74, 6) is 0.180. The normalized spacial score (nSPS) is 12.2. The fourth-order valence-electron chi connectivity index (χ4n) is 4.76. The molecule has 0 aromatic carbocycles. The van der Waals surface area contributed by atoms with Gasteiger partial charge < -0.3 is 9.97 Å². The van der Waals surface area contributed by atoms with Crippen molar-refractivity contribution in [3.8, 4) is 20.9 Å². The van der Waals surface area contributed by atoms with Crippen LogP contribution in [0, 0.1) is 13.8 Å². The number of thiophene rings is 2. The molecule has 232 valence electrons. The van der Waals surface area contributed by atoms with Crippen molar-refractivity contribution < 1.29 is 16.8 Å². The minimum Gasteiger partial charge on any atom is -0.326 e. The van der Waals surface area contributed by atoms with Crippen LogP contribution >= 0.6 is 22.7 Å². The third-order valence-electron chi connectivity index (χ3n) is 7.18. The van der Waals surface area contributed by atoms with Crippen LogP contribution in [0.5, 0.6) is 0 Å². The molecule has 0 atom stereocenters. The first-order valence-corrected chi connectivity index (χ1v) is 18.3. The third-order valence-corrected chi connectivity index (χ3v) is 13.5. The minimum absolute atomic E-state index is 0.0275. The smallest absolute Gasteiger partial charge is 0.278 e. The average molecular weight is 674 g/mol. The number of aromatic nitrogens is 4. The zero-order valence-corrected chi connectivity index (χ0v) is 27.7. The summed E-state index contributed by atoms with van der Waals surface area (Å²) in [6.45, 7) is 7.21. The fraction of sp³-hybridized carbons (Fsp3) is 0.276. The highest BCUT2D eigenvalue weighted by molar-refractivity contribution is 7.92. The average Bonchev–Trinajstić information content (AvgIpc) is 3.75. The molecular weight excluding hydrogens is 643 g/mol. The molecule has 3 N–H and O–H groups in total. The fourth-order valence-corrected chi connectivity index (χ4v) is 10.0. The van der Waals surface area contributed by atoms with E-state index in [2.05, 4.69) is 19.7 Å². The van der Waals surface area contributed by atoms with Crippen LogP contribution in [-0.2, 0) is 39.3 Å². The lowest BCUT2D eigenvalue weighted by molar-refractivity contribution is 0.581. The number of rotatable bonds is 11. The highest BCUT2D eigenvalue weighted by Gasteiger charge is 2.24. The van der Waals surface area contributed by atoms with Crippen molar-refractivity contribution in [2.75, 3.05) is 6.54 Å². The summed E-state index contributed by atoms with van der Waals surface area (Å²) in [7, 11) is -7.90. The molecule has 0 amide bonds. The summed E-state index contributed by atoms with van der Waals surface area (Å²) < 4.78 is 57.0. The van der Waals surface area contributed by atoms with Crippen LogP contribution in [0.4, 0.5) is 0 Å². The predicted molar refractivity (Wildman–Crippen MR) is 173 cm³/mol. The molecule has 5 aromatic heterocycles. The Bertz CT molecular complexity index is 2190. The van der Waals surface area contributed by atoms with E-state index in [9.17, 15) is 26.4 Å². The second kappa shape index (κ2) is 12.4. The van der Waals surface area contributed by atoms with E-state index < -0.39 is 20.0 Å². The van der Waals surface area contributed by atoms with E-state index in [1.54, 1.807) is 38.1 Å². The van der Waals surface area contributed by atoms with Gasteiger partial charge in [0.2, 0.25) is 10.0 Å². The number of hydrogen-bond donors (Lipinski definition) is 3. The highest BCUT2D eigenvalue weighted by atomic mass is 32.3. The molecule has 0 aliphatic heterocycles. The number of aryl methyl sites for hydroxylation is 4. The number of hydrogen-bond acceptors (Lipinski definition) is 9. The first-order valence-electron chi connectivity index (χ1n) is 13.8. The van der Waals surface area contributed by atoms with Gasteiger partial charge in [0.1, 0.15) is 14.2 Å². The van der Waals surface area contributed by atoms with Crippen molar-refractivity contribution >= 4 is 42.7 Å². The SMILES string of the molecule is CCc1cc(-c2ccc(S(=O)(=O)NCCc3nccn3S(=O)(=O)c3ccc(-c4cc(CC)c(=O)[nH]c4C)s3)s2)c(C)[nH]c1=O. The standard InChI is InChI=1S/C29H31N5O6S4/c1-5-19-15-21(17(3)32-28(19)35)23-7-9-26(41-23)43(37,38)31-12-11-25-30-13-14-34(25)44(39,40)27-10-8-24(42-27)22-16-20(6-2)29(36)33-18(22)4/h7-10,13-16,31H,5-6,11-12H2,1-4H3,(H,32,35)(H,33,36). The number of aromatic amines is 2. The molecule has 5 aromatic rings. The van der Waals surface area contributed by atoms with Gasteiger partial charge >= 0.3 is 0 Å². The van der Waals surface area contributed by atoms with Gasteiger partial charge in [0, 0.05) is 68.8 Å². The molecule has 5 rings (SSSR count). The molecule has 0 unspecified atom stereocenters. The number of imidazole rings is 1. The number of nitrogens with zero attached hydrogens (tertiary/aromatic N) is 2. The molecular formula is C29H31N5O6S4. The Hall–Kier alpha value is -3.63. The van der Waals surface area contributed by atoms with Gasteiger partial charge in [0.25, 0.3) is 21.1 Å². The van der Waals surface area contributed by atoms with Crippen LogP contribution in [0.1, 0.15) is 42.2 Å². The Balaban J connectivity index is 1.31. The first kappa shape index (κ1) is 31.8. The van der Waals surface area contributed by atoms with Crippen molar-refractivity contribution in [1.82, 2.24) is 23.6 Å². The molecule has 15 heteroatoms. The van der Waals surface area contributed by atoms with E-state index in [1.807, 2.05) is 13.8 Å². The van der Waals surface area contributed by atoms with E-state index in [-0.39, 0.29) is 38.3 Å². The van der Waals surface area contributed by atoms with Crippen LogP contribution in [0.25, 0.3) is 20.9 Å². The van der Waals surface area contributed by atoms with E-state index in [0.29, 0.717) is 45.1 Å². The van der Waals surface area contributed by atoms with Gasteiger partial charge in [0.05, 0.1) is 0 Å². The Morgan fingerprint density at radius 1 is 0.818 bits per heavy atom. The zero-order chi connectivity index (χ0) is 31.8. The molecule has 44 heavy (non-hydrogen) atoms. The number of sulfonamides is 1. The van der Waals surface area contributed by atoms with Gasteiger partial charge in [-0.1, -0.05) is 13.8 Å². The minimum atomic E-state index is -4.01. The van der Waals surface area contributed by atoms with Gasteiger partial charge in [-0.05, 0) is 63.1 Å². The topological polar surface area (TPSA) is 164 Å². The monoisotopic (exact) mass is 673 g/mol. The second-order valence-electron chi connectivity index (χ2n) is 10.1. The van der Waals surface area contributed by atoms with Crippen molar-refractivity contribution in [2.45, 2.75) is 55.4 Å². The lowest BCUT2D eigenvalue weighted by Crippen LogP contribution is -2.26. The van der Waals surface area contributed by atoms with Gasteiger partial charge in [-0.25, -0.2) is 22.1 Å². The Kier molecular flexibility index (Phi) is 8.96. The molecule has 0 aliphatic rings. The van der Waals surface area contributed by atoms with Gasteiger partial charge in [-0.2, -0.15) is 8.42 Å². The number of nitrogens with one attached hydrogen (secondary N) is 3. The molecule has 11 nitrogen and oxygen atoms in total. The molecule has 0 aliphatic carbocycles. The maximum Gasteiger partial charge on any atom is 0.278 e. The van der Waals surface area contributed by atoms with Crippen molar-refractivity contribution in [3.05, 3.63) is 97.8 Å². The molecule has 0 radical (unpaired) electrons. The van der Waals surface area contributed by atoms with Crippen LogP contribution in [0.2, 0.25) is 0 Å². The summed E-state index contributed by atoms with van der Waals surface area (Å²) >= 11 is 2.16. The van der Waals surface area contributed by atoms with Crippen LogP contribution in [0.15, 0.2) is 66.8 Å². The lowest BCUT2D eigenvalue weighted by atomic mass is 10.1.